The summed E-state index contributed by atoms with van der Waals surface area (Å²) in [7, 11) is 0. The Kier molecular flexibility index (Phi) is 5.82. The van der Waals surface area contributed by atoms with E-state index in [1.54, 1.807) is 25.2 Å². The molecule has 0 amide bonds. The Bertz CT molecular complexity index is 865. The maximum atomic E-state index is 13.0. The summed E-state index contributed by atoms with van der Waals surface area (Å²) in [5.74, 6) is -0.737. The van der Waals surface area contributed by atoms with Crippen LogP contribution in [0.2, 0.25) is 0 Å². The molecule has 0 aromatic carbocycles. The fraction of sp³-hybridized carbons (Fsp3) is 0.435. The molecule has 3 rings (SSSR count). The third-order valence-corrected chi connectivity index (χ3v) is 5.30. The molecule has 0 unspecified atom stereocenters. The molecule has 5 nitrogen and oxygen atoms in total. The van der Waals surface area contributed by atoms with E-state index in [4.69, 9.17) is 9.47 Å². The summed E-state index contributed by atoms with van der Waals surface area (Å²) in [5, 5.41) is 0. The number of carbonyl (C=O) groups is 3. The average molecular weight is 382 g/mol. The molecule has 0 saturated carbocycles. The molecule has 0 N–H and O–H groups in total. The van der Waals surface area contributed by atoms with Crippen molar-refractivity contribution in [3.8, 4) is 0 Å². The lowest BCUT2D eigenvalue weighted by atomic mass is 9.77. The first kappa shape index (κ1) is 20.1. The monoisotopic (exact) mass is 382 g/mol. The summed E-state index contributed by atoms with van der Waals surface area (Å²) in [6.07, 6.45) is 13.8. The molecule has 0 spiro atoms. The molecule has 0 aromatic heterocycles. The van der Waals surface area contributed by atoms with Crippen LogP contribution in [0.3, 0.4) is 0 Å². The highest BCUT2D eigenvalue weighted by atomic mass is 16.6. The van der Waals surface area contributed by atoms with Gasteiger partial charge in [-0.05, 0) is 44.1 Å². The van der Waals surface area contributed by atoms with Crippen LogP contribution in [0, 0.1) is 0 Å². The quantitative estimate of drug-likeness (QED) is 0.353. The molecule has 1 atom stereocenters. The third kappa shape index (κ3) is 3.53. The van der Waals surface area contributed by atoms with Crippen molar-refractivity contribution < 1.29 is 23.9 Å². The zero-order chi connectivity index (χ0) is 20.3. The Hall–Kier alpha value is -2.69. The van der Waals surface area contributed by atoms with Crippen LogP contribution in [0.4, 0.5) is 0 Å². The Labute approximate surface area is 165 Å². The minimum atomic E-state index is -1.46. The number of hydrogen-bond donors (Lipinski definition) is 0. The van der Waals surface area contributed by atoms with Crippen LogP contribution in [0.1, 0.15) is 59.3 Å². The predicted octanol–water partition coefficient (Wildman–Crippen LogP) is 4.41. The summed E-state index contributed by atoms with van der Waals surface area (Å²) in [6, 6.07) is 0. The van der Waals surface area contributed by atoms with Crippen LogP contribution in [-0.4, -0.2) is 23.1 Å². The van der Waals surface area contributed by atoms with Gasteiger partial charge in [-0.2, -0.15) is 0 Å². The van der Waals surface area contributed by atoms with Gasteiger partial charge in [0.25, 0.3) is 0 Å². The van der Waals surface area contributed by atoms with Gasteiger partial charge in [-0.1, -0.05) is 38.7 Å². The lowest BCUT2D eigenvalue weighted by Gasteiger charge is -2.30. The number of ether oxygens (including phenoxy) is 2. The summed E-state index contributed by atoms with van der Waals surface area (Å²) in [6.45, 7) is 5.54. The zero-order valence-electron chi connectivity index (χ0n) is 16.7. The minimum Gasteiger partial charge on any atom is -0.464 e. The number of esters is 1. The van der Waals surface area contributed by atoms with E-state index >= 15 is 0 Å². The van der Waals surface area contributed by atoms with Gasteiger partial charge in [-0.3, -0.25) is 9.59 Å². The molecule has 0 bridgehead atoms. The molecule has 1 aliphatic carbocycles. The molecule has 5 heteroatoms. The number of allylic oxidation sites excluding steroid dienone is 4. The van der Waals surface area contributed by atoms with Crippen molar-refractivity contribution in [2.45, 2.75) is 64.9 Å². The highest BCUT2D eigenvalue weighted by molar-refractivity contribution is 6.24. The van der Waals surface area contributed by atoms with E-state index in [1.165, 1.54) is 6.26 Å². The van der Waals surface area contributed by atoms with Crippen molar-refractivity contribution >= 4 is 17.5 Å². The second kappa shape index (κ2) is 8.13. The van der Waals surface area contributed by atoms with Crippen LogP contribution in [0.5, 0.6) is 0 Å². The molecule has 0 radical (unpaired) electrons. The summed E-state index contributed by atoms with van der Waals surface area (Å²) in [5.41, 5.74) is -0.102. The SMILES string of the molecule is C/C=C/C1=CC2=CC3=C(C(=O)CCCCCCC)C(=O)O[C@@]3(C)C(=O)C2=CO1. The van der Waals surface area contributed by atoms with Gasteiger partial charge in [0.15, 0.2) is 11.4 Å². The van der Waals surface area contributed by atoms with Crippen LogP contribution < -0.4 is 0 Å². The Morgan fingerprint density at radius 3 is 2.61 bits per heavy atom. The van der Waals surface area contributed by atoms with E-state index in [1.807, 2.05) is 13.0 Å². The minimum absolute atomic E-state index is 0.0189. The van der Waals surface area contributed by atoms with E-state index in [0.29, 0.717) is 22.5 Å². The van der Waals surface area contributed by atoms with Gasteiger partial charge in [0.1, 0.15) is 17.6 Å². The van der Waals surface area contributed by atoms with Crippen molar-refractivity contribution in [3.05, 3.63) is 58.6 Å². The predicted molar refractivity (Wildman–Crippen MR) is 105 cm³/mol. The number of hydrogen-bond acceptors (Lipinski definition) is 5. The highest BCUT2D eigenvalue weighted by Crippen LogP contribution is 2.44. The van der Waals surface area contributed by atoms with Crippen LogP contribution in [-0.2, 0) is 23.9 Å². The van der Waals surface area contributed by atoms with E-state index in [2.05, 4.69) is 6.92 Å². The fourth-order valence-electron chi connectivity index (χ4n) is 3.72. The number of fused-ring (bicyclic) bond motifs is 2. The van der Waals surface area contributed by atoms with E-state index in [9.17, 15) is 14.4 Å². The largest absolute Gasteiger partial charge is 0.464 e. The number of ketones is 2. The normalized spacial score (nSPS) is 23.6. The van der Waals surface area contributed by atoms with Gasteiger partial charge in [0.2, 0.25) is 5.78 Å². The molecule has 28 heavy (non-hydrogen) atoms. The highest BCUT2D eigenvalue weighted by Gasteiger charge is 2.54. The standard InChI is InChI=1S/C23H26O5/c1-4-6-7-8-9-11-19(24)20-18-13-15-12-16(10-5-2)27-14-17(15)21(25)23(18,3)28-22(20)26/h5,10,12-14H,4,6-9,11H2,1-3H3/b10-5+/t23-/m1/s1. The van der Waals surface area contributed by atoms with Crippen molar-refractivity contribution in [3.63, 3.8) is 0 Å². The molecule has 0 saturated heterocycles. The number of unbranched alkanes of at least 4 members (excludes halogenated alkanes) is 4. The van der Waals surface area contributed by atoms with E-state index < -0.39 is 11.6 Å². The first-order chi connectivity index (χ1) is 13.4. The zero-order valence-corrected chi connectivity index (χ0v) is 16.7. The van der Waals surface area contributed by atoms with Gasteiger partial charge in [-0.25, -0.2) is 4.79 Å². The Balaban J connectivity index is 1.92. The number of rotatable bonds is 8. The molecule has 2 heterocycles. The molecular weight excluding hydrogens is 356 g/mol. The fourth-order valence-corrected chi connectivity index (χ4v) is 3.72. The second-order valence-corrected chi connectivity index (χ2v) is 7.42. The van der Waals surface area contributed by atoms with Crippen LogP contribution >= 0.6 is 0 Å². The average Bonchev–Trinajstić information content (AvgIpc) is 2.92. The van der Waals surface area contributed by atoms with Gasteiger partial charge in [0, 0.05) is 12.0 Å². The summed E-state index contributed by atoms with van der Waals surface area (Å²) < 4.78 is 10.9. The maximum Gasteiger partial charge on any atom is 0.343 e. The number of carbonyl (C=O) groups excluding carboxylic acids is 3. The van der Waals surface area contributed by atoms with Crippen LogP contribution in [0.25, 0.3) is 0 Å². The molecular formula is C23H26O5. The van der Waals surface area contributed by atoms with E-state index in [-0.39, 0.29) is 23.6 Å². The van der Waals surface area contributed by atoms with Gasteiger partial charge in [-0.15, -0.1) is 0 Å². The molecule has 2 aliphatic heterocycles. The topological polar surface area (TPSA) is 69.7 Å². The Morgan fingerprint density at radius 2 is 1.89 bits per heavy atom. The number of Topliss-reactive ketones (excluding diaryl/α,β-unsaturated/α-hetero) is 2. The molecule has 0 fully saturated rings. The molecule has 3 aliphatic rings. The Morgan fingerprint density at radius 1 is 1.14 bits per heavy atom. The summed E-state index contributed by atoms with van der Waals surface area (Å²) in [4.78, 5) is 38.2. The molecule has 148 valence electrons. The van der Waals surface area contributed by atoms with Crippen molar-refractivity contribution in [2.24, 2.45) is 0 Å². The van der Waals surface area contributed by atoms with Crippen molar-refractivity contribution in [1.29, 1.82) is 0 Å². The first-order valence-electron chi connectivity index (χ1n) is 9.91. The van der Waals surface area contributed by atoms with Crippen LogP contribution in [0.15, 0.2) is 58.6 Å². The lowest BCUT2D eigenvalue weighted by molar-refractivity contribution is -0.153. The van der Waals surface area contributed by atoms with Crippen molar-refractivity contribution in [1.82, 2.24) is 0 Å². The van der Waals surface area contributed by atoms with E-state index in [0.717, 1.165) is 32.1 Å². The lowest BCUT2D eigenvalue weighted by Crippen LogP contribution is -2.41. The van der Waals surface area contributed by atoms with Gasteiger partial charge in [0.05, 0.1) is 5.57 Å². The van der Waals surface area contributed by atoms with Crippen molar-refractivity contribution in [2.75, 3.05) is 0 Å². The maximum absolute atomic E-state index is 13.0. The molecule has 0 aromatic rings. The smallest absolute Gasteiger partial charge is 0.343 e. The first-order valence-corrected chi connectivity index (χ1v) is 9.91. The third-order valence-electron chi connectivity index (χ3n) is 5.30. The van der Waals surface area contributed by atoms with Gasteiger partial charge < -0.3 is 9.47 Å². The summed E-state index contributed by atoms with van der Waals surface area (Å²) >= 11 is 0. The second-order valence-electron chi connectivity index (χ2n) is 7.42. The van der Waals surface area contributed by atoms with Gasteiger partial charge >= 0.3 is 5.97 Å².